The average molecular weight is 295 g/mol. The topological polar surface area (TPSA) is 60.4 Å². The number of aliphatic hydroxyl groups excluding tert-OH is 1. The number of allylic oxidation sites excluding steroid dienone is 4. The molecule has 0 aliphatic carbocycles. The Bertz CT molecular complexity index is 295. The Labute approximate surface area is 129 Å². The standard InChI is InChI=1S/C18H32O3/c1-2-17(19)15-13-11-9-7-5-3-4-6-8-10-12-14-16-18(20)21/h3,5,9,11,17,19H,2,4,6-8,10,12-16H2,1H3,(H,20,21)/p-1/b5-3-,11-9-. The molecule has 0 amide bonds. The first kappa shape index (κ1) is 19.9. The van der Waals surface area contributed by atoms with Crippen molar-refractivity contribution in [1.82, 2.24) is 0 Å². The summed E-state index contributed by atoms with van der Waals surface area (Å²) in [5.74, 6) is -0.935. The molecule has 0 rings (SSSR count). The zero-order chi connectivity index (χ0) is 15.8. The maximum absolute atomic E-state index is 10.2. The lowest BCUT2D eigenvalue weighted by atomic mass is 10.1. The van der Waals surface area contributed by atoms with Crippen LogP contribution in [0.5, 0.6) is 0 Å². The summed E-state index contributed by atoms with van der Waals surface area (Å²) in [6, 6.07) is 0. The summed E-state index contributed by atoms with van der Waals surface area (Å²) in [4.78, 5) is 10.2. The number of hydrogen-bond donors (Lipinski definition) is 1. The lowest BCUT2D eigenvalue weighted by molar-refractivity contribution is -0.305. The van der Waals surface area contributed by atoms with Gasteiger partial charge < -0.3 is 15.0 Å². The molecule has 0 aliphatic rings. The quantitative estimate of drug-likeness (QED) is 0.394. The van der Waals surface area contributed by atoms with Gasteiger partial charge in [-0.25, -0.2) is 0 Å². The maximum Gasteiger partial charge on any atom is 0.0540 e. The lowest BCUT2D eigenvalue weighted by Crippen LogP contribution is -2.21. The van der Waals surface area contributed by atoms with Crippen LogP contribution in [0.1, 0.15) is 77.6 Å². The van der Waals surface area contributed by atoms with Crippen molar-refractivity contribution in [3.63, 3.8) is 0 Å². The van der Waals surface area contributed by atoms with Gasteiger partial charge >= 0.3 is 0 Å². The molecule has 21 heavy (non-hydrogen) atoms. The zero-order valence-electron chi connectivity index (χ0n) is 13.4. The molecule has 1 N–H and O–H groups in total. The first-order chi connectivity index (χ1) is 10.2. The molecule has 0 heterocycles. The van der Waals surface area contributed by atoms with E-state index in [1.165, 1.54) is 12.8 Å². The highest BCUT2D eigenvalue weighted by Gasteiger charge is 1.96. The van der Waals surface area contributed by atoms with Crippen molar-refractivity contribution in [3.05, 3.63) is 24.3 Å². The van der Waals surface area contributed by atoms with E-state index < -0.39 is 5.97 Å². The van der Waals surface area contributed by atoms with Crippen LogP contribution in [-0.4, -0.2) is 17.2 Å². The molecule has 0 fully saturated rings. The predicted octanol–water partition coefficient (Wildman–Crippen LogP) is 3.52. The summed E-state index contributed by atoms with van der Waals surface area (Å²) in [6.07, 6.45) is 18.6. The molecule has 0 aromatic rings. The van der Waals surface area contributed by atoms with Gasteiger partial charge in [-0.1, -0.05) is 50.5 Å². The van der Waals surface area contributed by atoms with Gasteiger partial charge in [0.05, 0.1) is 6.10 Å². The van der Waals surface area contributed by atoms with Crippen molar-refractivity contribution in [1.29, 1.82) is 0 Å². The van der Waals surface area contributed by atoms with Crippen LogP contribution >= 0.6 is 0 Å². The highest BCUT2D eigenvalue weighted by Crippen LogP contribution is 2.07. The van der Waals surface area contributed by atoms with Gasteiger partial charge in [0.2, 0.25) is 0 Å². The van der Waals surface area contributed by atoms with E-state index in [-0.39, 0.29) is 12.5 Å². The fourth-order valence-corrected chi connectivity index (χ4v) is 2.06. The van der Waals surface area contributed by atoms with Crippen LogP contribution in [0.3, 0.4) is 0 Å². The molecule has 1 atom stereocenters. The number of unbranched alkanes of at least 4 members (excludes halogenated alkanes) is 5. The summed E-state index contributed by atoms with van der Waals surface area (Å²) in [6.45, 7) is 2.00. The molecule has 0 bridgehead atoms. The third-order valence-corrected chi connectivity index (χ3v) is 3.49. The van der Waals surface area contributed by atoms with Gasteiger partial charge in [-0.2, -0.15) is 0 Å². The number of hydrogen-bond acceptors (Lipinski definition) is 3. The number of rotatable bonds is 14. The number of carboxylic acids is 1. The second kappa shape index (κ2) is 15.3. The Balaban J connectivity index is 3.25. The molecule has 0 saturated heterocycles. The first-order valence-electron chi connectivity index (χ1n) is 8.34. The molecule has 3 nitrogen and oxygen atoms in total. The van der Waals surface area contributed by atoms with Crippen molar-refractivity contribution in [3.8, 4) is 0 Å². The predicted molar refractivity (Wildman–Crippen MR) is 85.8 cm³/mol. The summed E-state index contributed by atoms with van der Waals surface area (Å²) in [7, 11) is 0. The van der Waals surface area contributed by atoms with Crippen molar-refractivity contribution in [2.24, 2.45) is 0 Å². The van der Waals surface area contributed by atoms with E-state index in [1.54, 1.807) is 0 Å². The molecule has 0 spiro atoms. The molecule has 0 radical (unpaired) electrons. The smallest absolute Gasteiger partial charge is 0.0540 e. The number of aliphatic carboxylic acids is 1. The van der Waals surface area contributed by atoms with E-state index in [4.69, 9.17) is 0 Å². The minimum atomic E-state index is -0.935. The Morgan fingerprint density at radius 1 is 1.00 bits per heavy atom. The highest BCUT2D eigenvalue weighted by molar-refractivity contribution is 5.63. The molecule has 1 unspecified atom stereocenters. The minimum absolute atomic E-state index is 0.156. The number of aliphatic hydroxyl groups is 1. The van der Waals surface area contributed by atoms with Crippen LogP contribution in [0, 0.1) is 0 Å². The van der Waals surface area contributed by atoms with Crippen molar-refractivity contribution < 1.29 is 15.0 Å². The van der Waals surface area contributed by atoms with Gasteiger partial charge in [0.25, 0.3) is 0 Å². The Morgan fingerprint density at radius 3 is 2.29 bits per heavy atom. The Kier molecular flexibility index (Phi) is 14.5. The summed E-state index contributed by atoms with van der Waals surface area (Å²) in [5, 5.41) is 19.6. The second-order valence-electron chi connectivity index (χ2n) is 5.50. The molecule has 0 aromatic carbocycles. The molecule has 122 valence electrons. The van der Waals surface area contributed by atoms with Crippen LogP contribution < -0.4 is 5.11 Å². The monoisotopic (exact) mass is 295 g/mol. The molecule has 3 heteroatoms. The van der Waals surface area contributed by atoms with Crippen LogP contribution in [0.4, 0.5) is 0 Å². The van der Waals surface area contributed by atoms with Crippen LogP contribution in [0.15, 0.2) is 24.3 Å². The fourth-order valence-electron chi connectivity index (χ4n) is 2.06. The number of carboxylic acid groups (broad SMARTS) is 1. The summed E-state index contributed by atoms with van der Waals surface area (Å²) in [5.41, 5.74) is 0. The molecule has 0 aromatic heterocycles. The largest absolute Gasteiger partial charge is 0.550 e. The van der Waals surface area contributed by atoms with Crippen LogP contribution in [-0.2, 0) is 4.79 Å². The van der Waals surface area contributed by atoms with Gasteiger partial charge in [0.15, 0.2) is 0 Å². The Hall–Kier alpha value is -1.09. The van der Waals surface area contributed by atoms with Gasteiger partial charge in [-0.3, -0.25) is 0 Å². The van der Waals surface area contributed by atoms with Crippen LogP contribution in [0.25, 0.3) is 0 Å². The molecule has 0 aliphatic heterocycles. The van der Waals surface area contributed by atoms with E-state index >= 15 is 0 Å². The summed E-state index contributed by atoms with van der Waals surface area (Å²) < 4.78 is 0. The molecule has 0 saturated carbocycles. The third kappa shape index (κ3) is 16.9. The van der Waals surface area contributed by atoms with E-state index in [0.29, 0.717) is 0 Å². The zero-order valence-corrected chi connectivity index (χ0v) is 13.4. The van der Waals surface area contributed by atoms with E-state index in [1.807, 2.05) is 6.92 Å². The minimum Gasteiger partial charge on any atom is -0.550 e. The highest BCUT2D eigenvalue weighted by atomic mass is 16.4. The summed E-state index contributed by atoms with van der Waals surface area (Å²) >= 11 is 0. The van der Waals surface area contributed by atoms with Crippen LogP contribution in [0.2, 0.25) is 0 Å². The number of carbonyl (C=O) groups is 1. The molecular weight excluding hydrogens is 264 g/mol. The first-order valence-corrected chi connectivity index (χ1v) is 8.34. The van der Waals surface area contributed by atoms with Gasteiger partial charge in [0, 0.05) is 5.97 Å². The second-order valence-corrected chi connectivity index (χ2v) is 5.50. The lowest BCUT2D eigenvalue weighted by Gasteiger charge is -2.03. The average Bonchev–Trinajstić information content (AvgIpc) is 2.46. The molecular formula is C18H31O3-. The maximum atomic E-state index is 10.2. The fraction of sp³-hybridized carbons (Fsp3) is 0.722. The Morgan fingerprint density at radius 2 is 1.62 bits per heavy atom. The van der Waals surface area contributed by atoms with Gasteiger partial charge in [0.1, 0.15) is 0 Å². The van der Waals surface area contributed by atoms with E-state index in [2.05, 4.69) is 24.3 Å². The van der Waals surface area contributed by atoms with Crippen molar-refractivity contribution in [2.45, 2.75) is 83.7 Å². The van der Waals surface area contributed by atoms with Crippen molar-refractivity contribution >= 4 is 5.97 Å². The number of carbonyl (C=O) groups excluding carboxylic acids is 1. The normalized spacial score (nSPS) is 13.2. The van der Waals surface area contributed by atoms with Gasteiger partial charge in [-0.15, -0.1) is 0 Å². The van der Waals surface area contributed by atoms with Crippen molar-refractivity contribution in [2.75, 3.05) is 0 Å². The van der Waals surface area contributed by atoms with E-state index in [0.717, 1.165) is 51.4 Å². The van der Waals surface area contributed by atoms with E-state index in [9.17, 15) is 15.0 Å². The third-order valence-electron chi connectivity index (χ3n) is 3.49. The van der Waals surface area contributed by atoms with Gasteiger partial charge in [-0.05, 0) is 51.4 Å². The SMILES string of the molecule is CCC(O)CC/C=C\C/C=C\CCCCCCCC(=O)[O-].